The number of hydrazone groups is 1. The minimum Gasteiger partial charge on any atom is -0.494 e. The zero-order chi connectivity index (χ0) is 18.0. The smallest absolute Gasteiger partial charge is 0.154 e. The highest BCUT2D eigenvalue weighted by molar-refractivity contribution is 8.69. The van der Waals surface area contributed by atoms with E-state index >= 15 is 0 Å². The molecule has 0 heterocycles. The van der Waals surface area contributed by atoms with Crippen LogP contribution in [-0.4, -0.2) is 29.4 Å². The van der Waals surface area contributed by atoms with Crippen LogP contribution in [0.5, 0.6) is 5.75 Å². The molecule has 6 heteroatoms. The van der Waals surface area contributed by atoms with Crippen molar-refractivity contribution in [3.63, 3.8) is 0 Å². The second-order valence-corrected chi connectivity index (χ2v) is 8.16. The fourth-order valence-electron chi connectivity index (χ4n) is 2.01. The first-order valence-corrected chi connectivity index (χ1v) is 10.1. The number of nitrogens with one attached hydrogen (secondary N) is 1. The summed E-state index contributed by atoms with van der Waals surface area (Å²) in [4.78, 5) is 11.9. The van der Waals surface area contributed by atoms with Crippen LogP contribution in [0.25, 0.3) is 0 Å². The Bertz CT molecular complexity index is 542. The Labute approximate surface area is 154 Å². The molecule has 134 valence electrons. The number of Topliss-reactive ketones (excluding diaryl/α,β-unsaturated/α-hetero) is 1. The van der Waals surface area contributed by atoms with Crippen molar-refractivity contribution in [2.24, 2.45) is 5.10 Å². The standard InChI is InChI=1S/C18H28N2O2S2/c1-5-6-11-22-17-9-7-15(8-10-17)14(2)20-19-13-16(21)12-18(3,4)24-23/h7-10,19,23H,5-6,11-13H2,1-4H3/b20-14+. The highest BCUT2D eigenvalue weighted by atomic mass is 33.1. The van der Waals surface area contributed by atoms with Crippen LogP contribution >= 0.6 is 22.5 Å². The van der Waals surface area contributed by atoms with E-state index in [2.05, 4.69) is 29.1 Å². The van der Waals surface area contributed by atoms with Gasteiger partial charge in [0.1, 0.15) is 5.75 Å². The van der Waals surface area contributed by atoms with Crippen molar-refractivity contribution in [1.82, 2.24) is 5.43 Å². The SMILES string of the molecule is CCCCOc1ccc(/C(C)=N/NCC(=O)CC(C)(C)SS)cc1. The number of unbranched alkanes of at least 4 members (excludes halogenated alkanes) is 1. The number of carbonyl (C=O) groups is 1. The maximum Gasteiger partial charge on any atom is 0.154 e. The Morgan fingerprint density at radius 2 is 2.00 bits per heavy atom. The lowest BCUT2D eigenvalue weighted by Gasteiger charge is -2.19. The monoisotopic (exact) mass is 368 g/mol. The van der Waals surface area contributed by atoms with E-state index in [1.54, 1.807) is 0 Å². The molecule has 1 aromatic rings. The average molecular weight is 369 g/mol. The van der Waals surface area contributed by atoms with Crippen LogP contribution < -0.4 is 10.2 Å². The Balaban J connectivity index is 2.47. The number of hydrogen-bond acceptors (Lipinski definition) is 6. The van der Waals surface area contributed by atoms with Crippen molar-refractivity contribution in [3.05, 3.63) is 29.8 Å². The summed E-state index contributed by atoms with van der Waals surface area (Å²) in [5.41, 5.74) is 4.70. The molecule has 1 aromatic carbocycles. The summed E-state index contributed by atoms with van der Waals surface area (Å²) < 4.78 is 5.48. The van der Waals surface area contributed by atoms with Crippen LogP contribution in [0.15, 0.2) is 29.4 Å². The molecule has 1 N–H and O–H groups in total. The molecular weight excluding hydrogens is 340 g/mol. The molecule has 0 unspecified atom stereocenters. The molecule has 24 heavy (non-hydrogen) atoms. The van der Waals surface area contributed by atoms with Crippen molar-refractivity contribution in [3.8, 4) is 5.75 Å². The summed E-state index contributed by atoms with van der Waals surface area (Å²) in [7, 11) is 1.40. The molecule has 0 amide bonds. The summed E-state index contributed by atoms with van der Waals surface area (Å²) in [6.45, 7) is 9.03. The first-order valence-electron chi connectivity index (χ1n) is 8.22. The van der Waals surface area contributed by atoms with Crippen LogP contribution in [0.1, 0.15) is 52.5 Å². The zero-order valence-corrected chi connectivity index (χ0v) is 16.7. The van der Waals surface area contributed by atoms with E-state index in [9.17, 15) is 4.79 Å². The van der Waals surface area contributed by atoms with Gasteiger partial charge in [0.05, 0.1) is 18.9 Å². The van der Waals surface area contributed by atoms with Crippen LogP contribution in [0.4, 0.5) is 0 Å². The highest BCUT2D eigenvalue weighted by Gasteiger charge is 2.20. The first-order chi connectivity index (χ1) is 11.4. The van der Waals surface area contributed by atoms with E-state index in [-0.39, 0.29) is 17.1 Å². The van der Waals surface area contributed by atoms with Crippen LogP contribution in [0.3, 0.4) is 0 Å². The molecule has 0 atom stereocenters. The normalized spacial score (nSPS) is 12.1. The molecule has 0 bridgehead atoms. The lowest BCUT2D eigenvalue weighted by Crippen LogP contribution is -2.26. The van der Waals surface area contributed by atoms with Crippen molar-refractivity contribution < 1.29 is 9.53 Å². The summed E-state index contributed by atoms with van der Waals surface area (Å²) >= 11 is 4.19. The van der Waals surface area contributed by atoms with E-state index in [0.29, 0.717) is 6.42 Å². The maximum atomic E-state index is 11.9. The molecule has 0 saturated heterocycles. The molecule has 0 aliphatic heterocycles. The summed E-state index contributed by atoms with van der Waals surface area (Å²) in [6.07, 6.45) is 2.65. The molecule has 0 radical (unpaired) electrons. The van der Waals surface area contributed by atoms with Gasteiger partial charge in [-0.25, -0.2) is 0 Å². The Hall–Kier alpha value is -1.14. The lowest BCUT2D eigenvalue weighted by atomic mass is 10.1. The maximum absolute atomic E-state index is 11.9. The fraction of sp³-hybridized carbons (Fsp3) is 0.556. The predicted octanol–water partition coefficient (Wildman–Crippen LogP) is 4.49. The molecular formula is C18H28N2O2S2. The Kier molecular flexibility index (Phi) is 9.29. The second kappa shape index (κ2) is 10.7. The van der Waals surface area contributed by atoms with Crippen molar-refractivity contribution in [2.75, 3.05) is 13.2 Å². The molecule has 0 aromatic heterocycles. The number of ketones is 1. The summed E-state index contributed by atoms with van der Waals surface area (Å²) in [5, 5.41) is 4.27. The Morgan fingerprint density at radius 3 is 2.58 bits per heavy atom. The third kappa shape index (κ3) is 8.11. The number of carbonyl (C=O) groups excluding carboxylic acids is 1. The quantitative estimate of drug-likeness (QED) is 0.199. The largest absolute Gasteiger partial charge is 0.494 e. The van der Waals surface area contributed by atoms with Gasteiger partial charge in [0.2, 0.25) is 0 Å². The van der Waals surface area contributed by atoms with Gasteiger partial charge in [0.15, 0.2) is 5.78 Å². The van der Waals surface area contributed by atoms with Crippen molar-refractivity contribution in [1.29, 1.82) is 0 Å². The molecule has 1 rings (SSSR count). The molecule has 0 saturated carbocycles. The van der Waals surface area contributed by atoms with Crippen molar-refractivity contribution in [2.45, 2.75) is 51.7 Å². The van der Waals surface area contributed by atoms with E-state index in [4.69, 9.17) is 4.74 Å². The Morgan fingerprint density at radius 1 is 1.33 bits per heavy atom. The lowest BCUT2D eigenvalue weighted by molar-refractivity contribution is -0.118. The predicted molar refractivity (Wildman–Crippen MR) is 107 cm³/mol. The molecule has 4 nitrogen and oxygen atoms in total. The number of hydrogen-bond donors (Lipinski definition) is 2. The first kappa shape index (κ1) is 20.9. The van der Waals surface area contributed by atoms with Gasteiger partial charge in [-0.3, -0.25) is 4.79 Å². The van der Waals surface area contributed by atoms with Gasteiger partial charge >= 0.3 is 0 Å². The van der Waals surface area contributed by atoms with Crippen LogP contribution in [0.2, 0.25) is 0 Å². The number of rotatable bonds is 11. The number of ether oxygens (including phenoxy) is 1. The molecule has 0 fully saturated rings. The average Bonchev–Trinajstić information content (AvgIpc) is 2.55. The summed E-state index contributed by atoms with van der Waals surface area (Å²) in [6, 6.07) is 7.84. The third-order valence-electron chi connectivity index (χ3n) is 3.43. The molecule has 0 aliphatic carbocycles. The van der Waals surface area contributed by atoms with Gasteiger partial charge in [0, 0.05) is 11.2 Å². The molecule has 0 spiro atoms. The minimum atomic E-state index is -0.158. The highest BCUT2D eigenvalue weighted by Crippen LogP contribution is 2.30. The number of benzene rings is 1. The van der Waals surface area contributed by atoms with Gasteiger partial charge in [0.25, 0.3) is 0 Å². The van der Waals surface area contributed by atoms with Crippen LogP contribution in [0, 0.1) is 0 Å². The number of nitrogens with zero attached hydrogens (tertiary/aromatic N) is 1. The van der Waals surface area contributed by atoms with Crippen LogP contribution in [-0.2, 0) is 4.79 Å². The third-order valence-corrected chi connectivity index (χ3v) is 5.55. The second-order valence-electron chi connectivity index (χ2n) is 6.32. The minimum absolute atomic E-state index is 0.123. The number of thiol groups is 1. The van der Waals surface area contributed by atoms with E-state index in [1.807, 2.05) is 45.0 Å². The molecule has 0 aliphatic rings. The topological polar surface area (TPSA) is 50.7 Å². The van der Waals surface area contributed by atoms with Gasteiger partial charge in [-0.2, -0.15) is 5.10 Å². The van der Waals surface area contributed by atoms with E-state index in [1.165, 1.54) is 10.8 Å². The van der Waals surface area contributed by atoms with E-state index in [0.717, 1.165) is 36.5 Å². The fourth-order valence-corrected chi connectivity index (χ4v) is 2.43. The summed E-state index contributed by atoms with van der Waals surface area (Å²) in [5.74, 6) is 0.993. The van der Waals surface area contributed by atoms with Gasteiger partial charge in [-0.05, 0) is 57.0 Å². The van der Waals surface area contributed by atoms with E-state index < -0.39 is 0 Å². The van der Waals surface area contributed by atoms with Gasteiger partial charge in [-0.1, -0.05) is 24.1 Å². The van der Waals surface area contributed by atoms with Gasteiger partial charge < -0.3 is 10.2 Å². The van der Waals surface area contributed by atoms with Gasteiger partial charge in [-0.15, -0.1) is 11.7 Å². The van der Waals surface area contributed by atoms with Crippen molar-refractivity contribution >= 4 is 33.9 Å². The zero-order valence-electron chi connectivity index (χ0n) is 15.0.